The smallest absolute Gasteiger partial charge is 0.325 e. The maximum absolute atomic E-state index is 11.4. The summed E-state index contributed by atoms with van der Waals surface area (Å²) in [6.07, 6.45) is 3.03. The minimum absolute atomic E-state index is 0.196. The van der Waals surface area contributed by atoms with Gasteiger partial charge in [0.1, 0.15) is 6.04 Å². The van der Waals surface area contributed by atoms with E-state index in [1.807, 2.05) is 18.2 Å². The number of amides is 1. The summed E-state index contributed by atoms with van der Waals surface area (Å²) in [4.78, 5) is 21.9. The number of carboxylic acid groups (broad SMARTS) is 1. The molecule has 0 saturated carbocycles. The highest BCUT2D eigenvalue weighted by Gasteiger charge is 2.12. The van der Waals surface area contributed by atoms with Crippen LogP contribution in [0.15, 0.2) is 30.3 Å². The SMILES string of the molecule is C[C@H](NC(=O)CCCCc1ccccc1)C(=O)O. The lowest BCUT2D eigenvalue weighted by Gasteiger charge is -2.08. The second-order valence-corrected chi connectivity index (χ2v) is 4.32. The standard InChI is InChI=1S/C14H19NO3/c1-11(14(17)18)15-13(16)10-6-5-9-12-7-3-2-4-8-12/h2-4,7-8,11H,5-6,9-10H2,1H3,(H,15,16)(H,17,18)/t11-/m0/s1. The summed E-state index contributed by atoms with van der Waals surface area (Å²) in [5, 5.41) is 11.1. The van der Waals surface area contributed by atoms with Crippen LogP contribution in [0.3, 0.4) is 0 Å². The number of unbranched alkanes of at least 4 members (excludes halogenated alkanes) is 1. The molecular weight excluding hydrogens is 230 g/mol. The third kappa shape index (κ3) is 5.48. The van der Waals surface area contributed by atoms with Crippen LogP contribution in [0.5, 0.6) is 0 Å². The average molecular weight is 249 g/mol. The van der Waals surface area contributed by atoms with E-state index < -0.39 is 12.0 Å². The molecule has 18 heavy (non-hydrogen) atoms. The van der Waals surface area contributed by atoms with Crippen LogP contribution in [0.25, 0.3) is 0 Å². The summed E-state index contributed by atoms with van der Waals surface area (Å²) in [5.41, 5.74) is 1.26. The minimum atomic E-state index is -1.01. The van der Waals surface area contributed by atoms with Crippen molar-refractivity contribution < 1.29 is 14.7 Å². The Balaban J connectivity index is 2.14. The molecule has 0 spiro atoms. The van der Waals surface area contributed by atoms with Crippen LogP contribution in [0.2, 0.25) is 0 Å². The van der Waals surface area contributed by atoms with Crippen LogP contribution in [-0.2, 0) is 16.0 Å². The third-order valence-electron chi connectivity index (χ3n) is 2.71. The van der Waals surface area contributed by atoms with Gasteiger partial charge in [-0.1, -0.05) is 30.3 Å². The zero-order valence-corrected chi connectivity index (χ0v) is 10.6. The zero-order valence-electron chi connectivity index (χ0n) is 10.6. The molecule has 4 heteroatoms. The quantitative estimate of drug-likeness (QED) is 0.726. The normalized spacial score (nSPS) is 11.8. The number of rotatable bonds is 7. The van der Waals surface area contributed by atoms with Gasteiger partial charge in [0.2, 0.25) is 5.91 Å². The Morgan fingerprint density at radius 2 is 1.89 bits per heavy atom. The van der Waals surface area contributed by atoms with Crippen molar-refractivity contribution in [1.29, 1.82) is 0 Å². The van der Waals surface area contributed by atoms with E-state index in [0.717, 1.165) is 19.3 Å². The summed E-state index contributed by atoms with van der Waals surface area (Å²) in [7, 11) is 0. The molecular formula is C14H19NO3. The van der Waals surface area contributed by atoms with Gasteiger partial charge in [-0.3, -0.25) is 9.59 Å². The number of benzene rings is 1. The largest absolute Gasteiger partial charge is 0.480 e. The van der Waals surface area contributed by atoms with Gasteiger partial charge in [0.25, 0.3) is 0 Å². The number of hydrogen-bond acceptors (Lipinski definition) is 2. The van der Waals surface area contributed by atoms with E-state index in [1.165, 1.54) is 12.5 Å². The van der Waals surface area contributed by atoms with Crippen LogP contribution in [0, 0.1) is 0 Å². The van der Waals surface area contributed by atoms with Gasteiger partial charge in [-0.05, 0) is 31.7 Å². The summed E-state index contributed by atoms with van der Waals surface area (Å²) < 4.78 is 0. The fourth-order valence-electron chi connectivity index (χ4n) is 1.63. The monoisotopic (exact) mass is 249 g/mol. The highest BCUT2D eigenvalue weighted by Crippen LogP contribution is 2.06. The van der Waals surface area contributed by atoms with Gasteiger partial charge in [-0.2, -0.15) is 0 Å². The number of carbonyl (C=O) groups excluding carboxylic acids is 1. The summed E-state index contributed by atoms with van der Waals surface area (Å²) in [5.74, 6) is -1.20. The molecule has 0 unspecified atom stereocenters. The molecule has 0 aliphatic carbocycles. The molecule has 98 valence electrons. The molecule has 0 aromatic heterocycles. The lowest BCUT2D eigenvalue weighted by molar-refractivity contribution is -0.141. The van der Waals surface area contributed by atoms with E-state index in [4.69, 9.17) is 5.11 Å². The van der Waals surface area contributed by atoms with Gasteiger partial charge in [0, 0.05) is 6.42 Å². The number of aryl methyl sites for hydroxylation is 1. The van der Waals surface area contributed by atoms with Crippen LogP contribution in [-0.4, -0.2) is 23.0 Å². The van der Waals surface area contributed by atoms with Crippen molar-refractivity contribution in [2.24, 2.45) is 0 Å². The first-order valence-electron chi connectivity index (χ1n) is 6.15. The number of nitrogens with one attached hydrogen (secondary N) is 1. The van der Waals surface area contributed by atoms with Crippen molar-refractivity contribution in [3.63, 3.8) is 0 Å². The van der Waals surface area contributed by atoms with Gasteiger partial charge in [0.05, 0.1) is 0 Å². The number of hydrogen-bond donors (Lipinski definition) is 2. The highest BCUT2D eigenvalue weighted by atomic mass is 16.4. The lowest BCUT2D eigenvalue weighted by Crippen LogP contribution is -2.38. The summed E-state index contributed by atoms with van der Waals surface area (Å²) in [6, 6.07) is 9.28. The Bertz CT molecular complexity index is 389. The zero-order chi connectivity index (χ0) is 13.4. The maximum atomic E-state index is 11.4. The first-order chi connectivity index (χ1) is 8.59. The van der Waals surface area contributed by atoms with E-state index in [-0.39, 0.29) is 5.91 Å². The number of carboxylic acids is 1. The molecule has 0 aliphatic heterocycles. The van der Waals surface area contributed by atoms with Crippen molar-refractivity contribution >= 4 is 11.9 Å². The molecule has 0 saturated heterocycles. The molecule has 0 radical (unpaired) electrons. The predicted octanol–water partition coefficient (Wildman–Crippen LogP) is 1.99. The molecule has 2 N–H and O–H groups in total. The fraction of sp³-hybridized carbons (Fsp3) is 0.429. The summed E-state index contributed by atoms with van der Waals surface area (Å²) >= 11 is 0. The van der Waals surface area contributed by atoms with Gasteiger partial charge >= 0.3 is 5.97 Å². The Kier molecular flexibility index (Phi) is 5.91. The van der Waals surface area contributed by atoms with Crippen molar-refractivity contribution in [2.75, 3.05) is 0 Å². The van der Waals surface area contributed by atoms with E-state index in [9.17, 15) is 9.59 Å². The Hall–Kier alpha value is -1.84. The van der Waals surface area contributed by atoms with Gasteiger partial charge < -0.3 is 10.4 Å². The predicted molar refractivity (Wildman–Crippen MR) is 69.2 cm³/mol. The van der Waals surface area contributed by atoms with E-state index >= 15 is 0 Å². The van der Waals surface area contributed by atoms with E-state index in [0.29, 0.717) is 6.42 Å². The fourth-order valence-corrected chi connectivity index (χ4v) is 1.63. The van der Waals surface area contributed by atoms with Gasteiger partial charge in [0.15, 0.2) is 0 Å². The molecule has 0 fully saturated rings. The molecule has 1 aromatic rings. The van der Waals surface area contributed by atoms with E-state index in [2.05, 4.69) is 17.4 Å². The number of aliphatic carboxylic acids is 1. The first kappa shape index (κ1) is 14.2. The molecule has 1 aromatic carbocycles. The lowest BCUT2D eigenvalue weighted by atomic mass is 10.1. The van der Waals surface area contributed by atoms with Crippen molar-refractivity contribution in [1.82, 2.24) is 5.32 Å². The molecule has 1 rings (SSSR count). The topological polar surface area (TPSA) is 66.4 Å². The minimum Gasteiger partial charge on any atom is -0.480 e. The van der Waals surface area contributed by atoms with Gasteiger partial charge in [-0.15, -0.1) is 0 Å². The van der Waals surface area contributed by atoms with Gasteiger partial charge in [-0.25, -0.2) is 0 Å². The molecule has 0 aliphatic rings. The Morgan fingerprint density at radius 1 is 1.22 bits per heavy atom. The molecule has 0 bridgehead atoms. The second-order valence-electron chi connectivity index (χ2n) is 4.32. The Labute approximate surface area is 107 Å². The number of carbonyl (C=O) groups is 2. The molecule has 0 heterocycles. The molecule has 4 nitrogen and oxygen atoms in total. The first-order valence-corrected chi connectivity index (χ1v) is 6.15. The molecule has 1 amide bonds. The highest BCUT2D eigenvalue weighted by molar-refractivity contribution is 5.83. The Morgan fingerprint density at radius 3 is 2.50 bits per heavy atom. The van der Waals surface area contributed by atoms with Crippen LogP contribution < -0.4 is 5.32 Å². The van der Waals surface area contributed by atoms with Crippen LogP contribution in [0.4, 0.5) is 0 Å². The molecule has 1 atom stereocenters. The maximum Gasteiger partial charge on any atom is 0.325 e. The van der Waals surface area contributed by atoms with Crippen LogP contribution >= 0.6 is 0 Å². The van der Waals surface area contributed by atoms with Crippen molar-refractivity contribution in [3.8, 4) is 0 Å². The summed E-state index contributed by atoms with van der Waals surface area (Å²) in [6.45, 7) is 1.46. The van der Waals surface area contributed by atoms with Crippen molar-refractivity contribution in [3.05, 3.63) is 35.9 Å². The van der Waals surface area contributed by atoms with Crippen LogP contribution in [0.1, 0.15) is 31.7 Å². The third-order valence-corrected chi connectivity index (χ3v) is 2.71. The second kappa shape index (κ2) is 7.48. The van der Waals surface area contributed by atoms with E-state index in [1.54, 1.807) is 0 Å². The van der Waals surface area contributed by atoms with Crippen molar-refractivity contribution in [2.45, 2.75) is 38.6 Å². The average Bonchev–Trinajstić information content (AvgIpc) is 2.35.